The Balaban J connectivity index is 2.69. The zero-order chi connectivity index (χ0) is 12.8. The fourth-order valence-electron chi connectivity index (χ4n) is 1.40. The van der Waals surface area contributed by atoms with Crippen molar-refractivity contribution in [2.75, 3.05) is 20.8 Å². The monoisotopic (exact) mass is 257 g/mol. The SMILES string of the molecule is COC(=O)CNCc1cc(Cl)c(C)cc1OC. The number of ether oxygens (including phenoxy) is 2. The molecule has 0 atom stereocenters. The highest BCUT2D eigenvalue weighted by molar-refractivity contribution is 6.31. The first-order valence-corrected chi connectivity index (χ1v) is 5.56. The summed E-state index contributed by atoms with van der Waals surface area (Å²) in [5, 5.41) is 3.64. The van der Waals surface area contributed by atoms with Gasteiger partial charge < -0.3 is 14.8 Å². The number of esters is 1. The Labute approximate surface area is 106 Å². The molecule has 0 radical (unpaired) electrons. The van der Waals surface area contributed by atoms with Gasteiger partial charge in [0.25, 0.3) is 0 Å². The molecule has 0 amide bonds. The van der Waals surface area contributed by atoms with Gasteiger partial charge in [0.15, 0.2) is 0 Å². The van der Waals surface area contributed by atoms with Crippen LogP contribution in [0.3, 0.4) is 0 Å². The molecule has 1 N–H and O–H groups in total. The van der Waals surface area contributed by atoms with Crippen LogP contribution in [0, 0.1) is 6.92 Å². The number of nitrogens with one attached hydrogen (secondary N) is 1. The van der Waals surface area contributed by atoms with Gasteiger partial charge in [-0.1, -0.05) is 11.6 Å². The zero-order valence-corrected chi connectivity index (χ0v) is 10.9. The van der Waals surface area contributed by atoms with Crippen LogP contribution in [0.5, 0.6) is 5.75 Å². The van der Waals surface area contributed by atoms with Gasteiger partial charge in [-0.2, -0.15) is 0 Å². The average molecular weight is 258 g/mol. The van der Waals surface area contributed by atoms with E-state index in [4.69, 9.17) is 16.3 Å². The van der Waals surface area contributed by atoms with Crippen LogP contribution in [0.15, 0.2) is 12.1 Å². The Morgan fingerprint density at radius 2 is 2.12 bits per heavy atom. The first-order chi connectivity index (χ1) is 8.08. The second-order valence-corrected chi connectivity index (χ2v) is 4.00. The summed E-state index contributed by atoms with van der Waals surface area (Å²) in [5.74, 6) is 0.450. The number of hydrogen-bond acceptors (Lipinski definition) is 4. The third kappa shape index (κ3) is 3.91. The van der Waals surface area contributed by atoms with Crippen LogP contribution in [-0.4, -0.2) is 26.7 Å². The summed E-state index contributed by atoms with van der Waals surface area (Å²) in [7, 11) is 2.96. The number of hydrogen-bond donors (Lipinski definition) is 1. The molecule has 1 aromatic carbocycles. The van der Waals surface area contributed by atoms with Crippen molar-refractivity contribution < 1.29 is 14.3 Å². The molecule has 94 valence electrons. The van der Waals surface area contributed by atoms with Crippen molar-refractivity contribution in [3.63, 3.8) is 0 Å². The normalized spacial score (nSPS) is 10.1. The summed E-state index contributed by atoms with van der Waals surface area (Å²) < 4.78 is 9.78. The lowest BCUT2D eigenvalue weighted by atomic mass is 10.1. The van der Waals surface area contributed by atoms with Crippen LogP contribution in [0.1, 0.15) is 11.1 Å². The fraction of sp³-hybridized carbons (Fsp3) is 0.417. The van der Waals surface area contributed by atoms with Crippen molar-refractivity contribution in [2.24, 2.45) is 0 Å². The molecule has 5 heteroatoms. The smallest absolute Gasteiger partial charge is 0.319 e. The summed E-state index contributed by atoms with van der Waals surface area (Å²) in [6.45, 7) is 2.57. The lowest BCUT2D eigenvalue weighted by Gasteiger charge is -2.11. The van der Waals surface area contributed by atoms with Crippen LogP contribution in [0.4, 0.5) is 0 Å². The molecule has 0 fully saturated rings. The number of halogens is 1. The van der Waals surface area contributed by atoms with Crippen molar-refractivity contribution in [1.82, 2.24) is 5.32 Å². The van der Waals surface area contributed by atoms with E-state index in [1.165, 1.54) is 7.11 Å². The number of carbonyl (C=O) groups excluding carboxylic acids is 1. The molecule has 17 heavy (non-hydrogen) atoms. The van der Waals surface area contributed by atoms with E-state index in [1.54, 1.807) is 7.11 Å². The van der Waals surface area contributed by atoms with E-state index >= 15 is 0 Å². The number of rotatable bonds is 5. The van der Waals surface area contributed by atoms with Gasteiger partial charge in [-0.05, 0) is 24.6 Å². The van der Waals surface area contributed by atoms with E-state index in [2.05, 4.69) is 10.1 Å². The first kappa shape index (κ1) is 13.8. The maximum Gasteiger partial charge on any atom is 0.319 e. The lowest BCUT2D eigenvalue weighted by molar-refractivity contribution is -0.139. The predicted octanol–water partition coefficient (Wildman–Crippen LogP) is 1.92. The molecule has 0 spiro atoms. The van der Waals surface area contributed by atoms with Gasteiger partial charge in [-0.25, -0.2) is 0 Å². The molecule has 0 aliphatic carbocycles. The number of benzene rings is 1. The molecule has 4 nitrogen and oxygen atoms in total. The van der Waals surface area contributed by atoms with E-state index in [9.17, 15) is 4.79 Å². The Morgan fingerprint density at radius 1 is 1.41 bits per heavy atom. The van der Waals surface area contributed by atoms with Crippen molar-refractivity contribution >= 4 is 17.6 Å². The van der Waals surface area contributed by atoms with Crippen LogP contribution in [0.2, 0.25) is 5.02 Å². The van der Waals surface area contributed by atoms with Gasteiger partial charge in [-0.15, -0.1) is 0 Å². The molecule has 0 aliphatic heterocycles. The molecule has 0 aromatic heterocycles. The molecule has 1 aromatic rings. The van der Waals surface area contributed by atoms with Crippen molar-refractivity contribution in [3.8, 4) is 5.75 Å². The van der Waals surface area contributed by atoms with Crippen molar-refractivity contribution in [3.05, 3.63) is 28.3 Å². The Bertz CT molecular complexity index is 407. The average Bonchev–Trinajstić information content (AvgIpc) is 2.32. The predicted molar refractivity (Wildman–Crippen MR) is 66.5 cm³/mol. The Morgan fingerprint density at radius 3 is 2.71 bits per heavy atom. The summed E-state index contributed by atoms with van der Waals surface area (Å²) in [6.07, 6.45) is 0. The fourth-order valence-corrected chi connectivity index (χ4v) is 1.58. The van der Waals surface area contributed by atoms with E-state index in [0.717, 1.165) is 16.9 Å². The van der Waals surface area contributed by atoms with Gasteiger partial charge in [0.1, 0.15) is 5.75 Å². The summed E-state index contributed by atoms with van der Waals surface area (Å²) in [4.78, 5) is 10.9. The van der Waals surface area contributed by atoms with Crippen molar-refractivity contribution in [1.29, 1.82) is 0 Å². The number of methoxy groups -OCH3 is 2. The van der Waals surface area contributed by atoms with Gasteiger partial charge in [0, 0.05) is 17.1 Å². The molecule has 0 heterocycles. The molecular formula is C12H16ClNO3. The van der Waals surface area contributed by atoms with E-state index in [1.807, 2.05) is 19.1 Å². The maximum atomic E-state index is 10.9. The minimum atomic E-state index is -0.304. The highest BCUT2D eigenvalue weighted by Gasteiger charge is 2.07. The highest BCUT2D eigenvalue weighted by Crippen LogP contribution is 2.26. The standard InChI is InChI=1S/C12H16ClNO3/c1-8-4-11(16-2)9(5-10(8)13)6-14-7-12(15)17-3/h4-5,14H,6-7H2,1-3H3. The molecule has 0 saturated carbocycles. The summed E-state index contributed by atoms with van der Waals surface area (Å²) >= 11 is 6.04. The van der Waals surface area contributed by atoms with Gasteiger partial charge in [0.05, 0.1) is 20.8 Å². The summed E-state index contributed by atoms with van der Waals surface area (Å²) in [6, 6.07) is 3.71. The zero-order valence-electron chi connectivity index (χ0n) is 10.2. The molecule has 0 unspecified atom stereocenters. The topological polar surface area (TPSA) is 47.6 Å². The van der Waals surface area contributed by atoms with Crippen molar-refractivity contribution in [2.45, 2.75) is 13.5 Å². The first-order valence-electron chi connectivity index (χ1n) is 5.19. The quantitative estimate of drug-likeness (QED) is 0.819. The largest absolute Gasteiger partial charge is 0.496 e. The maximum absolute atomic E-state index is 10.9. The number of aryl methyl sites for hydroxylation is 1. The molecule has 0 bridgehead atoms. The van der Waals surface area contributed by atoms with Crippen LogP contribution in [0.25, 0.3) is 0 Å². The minimum absolute atomic E-state index is 0.158. The minimum Gasteiger partial charge on any atom is -0.496 e. The Hall–Kier alpha value is -1.26. The highest BCUT2D eigenvalue weighted by atomic mass is 35.5. The second-order valence-electron chi connectivity index (χ2n) is 3.59. The van der Waals surface area contributed by atoms with E-state index < -0.39 is 0 Å². The molecule has 1 rings (SSSR count). The van der Waals surface area contributed by atoms with E-state index in [-0.39, 0.29) is 12.5 Å². The molecule has 0 saturated heterocycles. The van der Waals surface area contributed by atoms with E-state index in [0.29, 0.717) is 11.6 Å². The third-order valence-electron chi connectivity index (χ3n) is 2.37. The number of carbonyl (C=O) groups is 1. The van der Waals surface area contributed by atoms with Crippen LogP contribution in [-0.2, 0) is 16.1 Å². The second kappa shape index (κ2) is 6.47. The third-order valence-corrected chi connectivity index (χ3v) is 2.78. The van der Waals surface area contributed by atoms with Crippen LogP contribution < -0.4 is 10.1 Å². The van der Waals surface area contributed by atoms with Gasteiger partial charge in [-0.3, -0.25) is 4.79 Å². The lowest BCUT2D eigenvalue weighted by Crippen LogP contribution is -2.23. The van der Waals surface area contributed by atoms with Crippen LogP contribution >= 0.6 is 11.6 Å². The Kier molecular flexibility index (Phi) is 5.25. The molecule has 0 aliphatic rings. The molecular weight excluding hydrogens is 242 g/mol. The van der Waals surface area contributed by atoms with Gasteiger partial charge >= 0.3 is 5.97 Å². The van der Waals surface area contributed by atoms with Gasteiger partial charge in [0.2, 0.25) is 0 Å². The summed E-state index contributed by atoms with van der Waals surface area (Å²) in [5.41, 5.74) is 1.87.